The van der Waals surface area contributed by atoms with Crippen LogP contribution in [-0.2, 0) is 11.2 Å². The van der Waals surface area contributed by atoms with Gasteiger partial charge in [-0.25, -0.2) is 0 Å². The van der Waals surface area contributed by atoms with Crippen molar-refractivity contribution < 1.29 is 14.3 Å². The second kappa shape index (κ2) is 12.1. The fourth-order valence-electron chi connectivity index (χ4n) is 2.65. The number of methoxy groups -OCH3 is 1. The van der Waals surface area contributed by atoms with Crippen LogP contribution in [0, 0.1) is 5.41 Å². The quantitative estimate of drug-likeness (QED) is 0.306. The molecule has 3 N–H and O–H groups in total. The molecule has 0 atom stereocenters. The summed E-state index contributed by atoms with van der Waals surface area (Å²) in [7, 11) is 3.37. The molecule has 0 aliphatic rings. The van der Waals surface area contributed by atoms with Gasteiger partial charge in [-0.2, -0.15) is 0 Å². The minimum atomic E-state index is -0.508. The SMILES string of the molecule is CCNC(=O)C(C)(C)CNC(=NC)NCCCc1ccc(OC)c(OCC)c1. The molecule has 0 saturated heterocycles. The van der Waals surface area contributed by atoms with Crippen LogP contribution in [0.15, 0.2) is 23.2 Å². The van der Waals surface area contributed by atoms with E-state index < -0.39 is 5.41 Å². The molecular formula is C21H36N4O3. The predicted octanol–water partition coefficient (Wildman–Crippen LogP) is 2.35. The van der Waals surface area contributed by atoms with Crippen LogP contribution in [0.3, 0.4) is 0 Å². The van der Waals surface area contributed by atoms with Crippen LogP contribution in [0.4, 0.5) is 0 Å². The van der Waals surface area contributed by atoms with Gasteiger partial charge in [0.2, 0.25) is 5.91 Å². The molecule has 0 bridgehead atoms. The predicted molar refractivity (Wildman–Crippen MR) is 114 cm³/mol. The third kappa shape index (κ3) is 7.66. The van der Waals surface area contributed by atoms with Gasteiger partial charge in [0.05, 0.1) is 19.1 Å². The van der Waals surface area contributed by atoms with E-state index in [9.17, 15) is 4.79 Å². The second-order valence-corrected chi connectivity index (χ2v) is 7.12. The van der Waals surface area contributed by atoms with E-state index in [0.717, 1.165) is 30.9 Å². The van der Waals surface area contributed by atoms with Crippen LogP contribution >= 0.6 is 0 Å². The lowest BCUT2D eigenvalue weighted by Gasteiger charge is -2.24. The van der Waals surface area contributed by atoms with Crippen molar-refractivity contribution >= 4 is 11.9 Å². The minimum absolute atomic E-state index is 0.0301. The van der Waals surface area contributed by atoms with Gasteiger partial charge in [-0.05, 0) is 58.2 Å². The summed E-state index contributed by atoms with van der Waals surface area (Å²) in [6, 6.07) is 6.03. The molecule has 0 aromatic heterocycles. The van der Waals surface area contributed by atoms with E-state index in [1.54, 1.807) is 14.2 Å². The van der Waals surface area contributed by atoms with E-state index >= 15 is 0 Å². The van der Waals surface area contributed by atoms with E-state index in [4.69, 9.17) is 9.47 Å². The number of nitrogens with one attached hydrogen (secondary N) is 3. The Balaban J connectivity index is 2.45. The number of carbonyl (C=O) groups is 1. The summed E-state index contributed by atoms with van der Waals surface area (Å²) in [6.07, 6.45) is 1.86. The number of nitrogens with zero attached hydrogens (tertiary/aromatic N) is 1. The molecule has 1 amide bonds. The van der Waals surface area contributed by atoms with Gasteiger partial charge in [0.1, 0.15) is 0 Å². The minimum Gasteiger partial charge on any atom is -0.493 e. The molecule has 0 spiro atoms. The van der Waals surface area contributed by atoms with Gasteiger partial charge in [-0.15, -0.1) is 0 Å². The second-order valence-electron chi connectivity index (χ2n) is 7.12. The molecule has 0 radical (unpaired) electrons. The fraction of sp³-hybridized carbons (Fsp3) is 0.619. The summed E-state index contributed by atoms with van der Waals surface area (Å²) >= 11 is 0. The zero-order chi connectivity index (χ0) is 21.0. The molecule has 1 rings (SSSR count). The first-order valence-electron chi connectivity index (χ1n) is 9.90. The number of ether oxygens (including phenoxy) is 2. The van der Waals surface area contributed by atoms with Crippen LogP contribution in [0.5, 0.6) is 11.5 Å². The van der Waals surface area contributed by atoms with Crippen molar-refractivity contribution in [3.8, 4) is 11.5 Å². The third-order valence-corrected chi connectivity index (χ3v) is 4.34. The van der Waals surface area contributed by atoms with Crippen LogP contribution in [0.2, 0.25) is 0 Å². The highest BCUT2D eigenvalue weighted by atomic mass is 16.5. The van der Waals surface area contributed by atoms with Crippen molar-refractivity contribution in [3.05, 3.63) is 23.8 Å². The maximum absolute atomic E-state index is 12.1. The maximum atomic E-state index is 12.1. The van der Waals surface area contributed by atoms with E-state index in [1.807, 2.05) is 39.8 Å². The summed E-state index contributed by atoms with van der Waals surface area (Å²) in [4.78, 5) is 16.3. The zero-order valence-electron chi connectivity index (χ0n) is 18.1. The topological polar surface area (TPSA) is 84.0 Å². The normalized spacial score (nSPS) is 11.7. The van der Waals surface area contributed by atoms with Crippen LogP contribution in [0.1, 0.15) is 39.7 Å². The van der Waals surface area contributed by atoms with Gasteiger partial charge in [-0.3, -0.25) is 9.79 Å². The molecular weight excluding hydrogens is 356 g/mol. The summed E-state index contributed by atoms with van der Waals surface area (Å²) in [6.45, 7) is 10.2. The average Bonchev–Trinajstić information content (AvgIpc) is 2.68. The molecule has 0 unspecified atom stereocenters. The first-order valence-corrected chi connectivity index (χ1v) is 9.90. The summed E-state index contributed by atoms with van der Waals surface area (Å²) in [5, 5.41) is 9.39. The number of aryl methyl sites for hydroxylation is 1. The van der Waals surface area contributed by atoms with Crippen molar-refractivity contribution in [3.63, 3.8) is 0 Å². The monoisotopic (exact) mass is 392 g/mol. The Morgan fingerprint density at radius 3 is 2.50 bits per heavy atom. The molecule has 0 heterocycles. The van der Waals surface area contributed by atoms with Crippen molar-refractivity contribution in [2.75, 3.05) is 40.4 Å². The van der Waals surface area contributed by atoms with Crippen LogP contribution in [-0.4, -0.2) is 52.3 Å². The number of benzene rings is 1. The standard InChI is InChI=1S/C21H36N4O3/c1-7-23-19(26)21(3,4)15-25-20(22-5)24-13-9-10-16-11-12-17(27-6)18(14-16)28-8-2/h11-12,14H,7-10,13,15H2,1-6H3,(H,23,26)(H2,22,24,25). The number of rotatable bonds is 11. The lowest BCUT2D eigenvalue weighted by molar-refractivity contribution is -0.128. The average molecular weight is 393 g/mol. The van der Waals surface area contributed by atoms with Crippen molar-refractivity contribution in [1.29, 1.82) is 0 Å². The number of hydrogen-bond donors (Lipinski definition) is 3. The fourth-order valence-corrected chi connectivity index (χ4v) is 2.65. The van der Waals surface area contributed by atoms with E-state index in [2.05, 4.69) is 27.0 Å². The lowest BCUT2D eigenvalue weighted by atomic mass is 9.92. The van der Waals surface area contributed by atoms with Gasteiger partial charge < -0.3 is 25.4 Å². The Morgan fingerprint density at radius 1 is 1.14 bits per heavy atom. The number of aliphatic imine (C=N–C) groups is 1. The highest BCUT2D eigenvalue weighted by Crippen LogP contribution is 2.28. The van der Waals surface area contributed by atoms with Gasteiger partial charge in [0, 0.05) is 26.7 Å². The first kappa shape index (κ1) is 23.6. The van der Waals surface area contributed by atoms with Crippen molar-refractivity contribution in [2.24, 2.45) is 10.4 Å². The van der Waals surface area contributed by atoms with Crippen LogP contribution < -0.4 is 25.4 Å². The van der Waals surface area contributed by atoms with E-state index in [-0.39, 0.29) is 5.91 Å². The van der Waals surface area contributed by atoms with Gasteiger partial charge in [-0.1, -0.05) is 6.07 Å². The van der Waals surface area contributed by atoms with Crippen molar-refractivity contribution in [2.45, 2.75) is 40.5 Å². The number of hydrogen-bond acceptors (Lipinski definition) is 4. The number of guanidine groups is 1. The maximum Gasteiger partial charge on any atom is 0.227 e. The lowest BCUT2D eigenvalue weighted by Crippen LogP contribution is -2.48. The Bertz CT molecular complexity index is 645. The van der Waals surface area contributed by atoms with E-state index in [1.165, 1.54) is 5.56 Å². The Morgan fingerprint density at radius 2 is 1.89 bits per heavy atom. The Hall–Kier alpha value is -2.44. The van der Waals surface area contributed by atoms with E-state index in [0.29, 0.717) is 25.7 Å². The molecule has 0 saturated carbocycles. The number of carbonyl (C=O) groups excluding carboxylic acids is 1. The molecule has 158 valence electrons. The Kier molecular flexibility index (Phi) is 10.2. The van der Waals surface area contributed by atoms with Gasteiger partial charge >= 0.3 is 0 Å². The van der Waals surface area contributed by atoms with Gasteiger partial charge in [0.15, 0.2) is 17.5 Å². The summed E-state index contributed by atoms with van der Waals surface area (Å²) in [5.41, 5.74) is 0.693. The smallest absolute Gasteiger partial charge is 0.227 e. The van der Waals surface area contributed by atoms with Gasteiger partial charge in [0.25, 0.3) is 0 Å². The van der Waals surface area contributed by atoms with Crippen LogP contribution in [0.25, 0.3) is 0 Å². The first-order chi connectivity index (χ1) is 13.4. The zero-order valence-corrected chi connectivity index (χ0v) is 18.1. The molecule has 7 nitrogen and oxygen atoms in total. The largest absolute Gasteiger partial charge is 0.493 e. The third-order valence-electron chi connectivity index (χ3n) is 4.34. The van der Waals surface area contributed by atoms with Crippen molar-refractivity contribution in [1.82, 2.24) is 16.0 Å². The molecule has 0 fully saturated rings. The summed E-state index contributed by atoms with van der Waals surface area (Å²) < 4.78 is 10.9. The highest BCUT2D eigenvalue weighted by Gasteiger charge is 2.27. The molecule has 1 aromatic rings. The summed E-state index contributed by atoms with van der Waals surface area (Å²) in [5.74, 6) is 2.26. The molecule has 28 heavy (non-hydrogen) atoms. The molecule has 7 heteroatoms. The molecule has 0 aliphatic heterocycles. The highest BCUT2D eigenvalue weighted by molar-refractivity contribution is 5.84. The molecule has 1 aromatic carbocycles. The number of amides is 1. The Labute approximate surface area is 169 Å². The molecule has 0 aliphatic carbocycles.